The average molecular weight is 761 g/mol. The van der Waals surface area contributed by atoms with Gasteiger partial charge in [-0.05, 0) is 105 Å². The van der Waals surface area contributed by atoms with Gasteiger partial charge in [-0.3, -0.25) is 33.7 Å². The largest absolute Gasteiger partial charge is 0.371 e. The number of benzene rings is 5. The second-order valence-electron chi connectivity index (χ2n) is 15.8. The van der Waals surface area contributed by atoms with Gasteiger partial charge in [0.15, 0.2) is 0 Å². The Labute approximate surface area is 331 Å². The summed E-state index contributed by atoms with van der Waals surface area (Å²) in [5.74, 6) is -2.88. The molecular weight excluding hydrogens is 717 g/mol. The van der Waals surface area contributed by atoms with Crippen LogP contribution in [0, 0.1) is 13.8 Å². The van der Waals surface area contributed by atoms with E-state index >= 15 is 0 Å². The van der Waals surface area contributed by atoms with Crippen LogP contribution in [0.25, 0.3) is 21.5 Å². The van der Waals surface area contributed by atoms with Gasteiger partial charge in [0.1, 0.15) is 0 Å². The number of unbranched alkanes of at least 4 members (excludes halogenated alkanes) is 5. The van der Waals surface area contributed by atoms with Crippen molar-refractivity contribution in [3.8, 4) is 0 Å². The Bertz CT molecular complexity index is 2530. The van der Waals surface area contributed by atoms with E-state index in [1.165, 1.54) is 16.2 Å². The first-order valence-electron chi connectivity index (χ1n) is 20.3. The monoisotopic (exact) mass is 760 g/mol. The first kappa shape index (κ1) is 36.5. The molecule has 0 N–H and O–H groups in total. The SMILES string of the molecule is CCCCCCCCN1C(=O)c2ccc3c4c(ccc(c24)C1=O)C(=O)N(c1cc(C)c(N2C(=O)c4cccc5c(N6CCCCC6)ccc(c45)C2=O)cc1C)C3=O. The molecule has 1 fully saturated rings. The molecule has 5 aromatic rings. The highest BCUT2D eigenvalue weighted by Crippen LogP contribution is 2.43. The molecule has 0 aromatic heterocycles. The first-order valence-corrected chi connectivity index (χ1v) is 20.3. The lowest BCUT2D eigenvalue weighted by Crippen LogP contribution is -2.44. The normalized spacial score (nSPS) is 16.5. The first-order chi connectivity index (χ1) is 27.6. The Hall–Kier alpha value is -6.16. The minimum absolute atomic E-state index is 0.214. The van der Waals surface area contributed by atoms with Crippen LogP contribution in [0.4, 0.5) is 17.1 Å². The van der Waals surface area contributed by atoms with E-state index < -0.39 is 35.4 Å². The zero-order valence-electron chi connectivity index (χ0n) is 32.6. The number of hydrogen-bond donors (Lipinski definition) is 0. The van der Waals surface area contributed by atoms with Gasteiger partial charge in [0.2, 0.25) is 0 Å². The molecule has 0 spiro atoms. The highest BCUT2D eigenvalue weighted by Gasteiger charge is 2.41. The molecule has 4 aliphatic heterocycles. The maximum atomic E-state index is 14.4. The highest BCUT2D eigenvalue weighted by molar-refractivity contribution is 6.40. The second-order valence-corrected chi connectivity index (χ2v) is 15.8. The van der Waals surface area contributed by atoms with Crippen molar-refractivity contribution in [1.29, 1.82) is 0 Å². The van der Waals surface area contributed by atoms with Crippen molar-refractivity contribution in [1.82, 2.24) is 4.90 Å². The minimum atomic E-state index is -0.587. The van der Waals surface area contributed by atoms with Crippen molar-refractivity contribution in [2.75, 3.05) is 34.3 Å². The molecule has 10 nitrogen and oxygen atoms in total. The molecule has 0 aliphatic carbocycles. The van der Waals surface area contributed by atoms with Crippen LogP contribution in [0.1, 0.15) is 138 Å². The van der Waals surface area contributed by atoms with Gasteiger partial charge in [0, 0.05) is 80.2 Å². The fraction of sp³-hybridized carbons (Fsp3) is 0.319. The molecule has 57 heavy (non-hydrogen) atoms. The van der Waals surface area contributed by atoms with Crippen molar-refractivity contribution >= 4 is 74.1 Å². The zero-order chi connectivity index (χ0) is 39.7. The van der Waals surface area contributed by atoms with E-state index in [1.807, 2.05) is 24.3 Å². The summed E-state index contributed by atoms with van der Waals surface area (Å²) in [6.07, 6.45) is 9.49. The Morgan fingerprint density at radius 2 is 0.930 bits per heavy atom. The predicted octanol–water partition coefficient (Wildman–Crippen LogP) is 9.16. The summed E-state index contributed by atoms with van der Waals surface area (Å²) in [6, 6.07) is 19.1. The molecule has 0 bridgehead atoms. The summed E-state index contributed by atoms with van der Waals surface area (Å²) >= 11 is 0. The van der Waals surface area contributed by atoms with Crippen LogP contribution in [-0.2, 0) is 0 Å². The Morgan fingerprint density at radius 1 is 0.474 bits per heavy atom. The van der Waals surface area contributed by atoms with Crippen molar-refractivity contribution in [3.63, 3.8) is 0 Å². The van der Waals surface area contributed by atoms with E-state index in [2.05, 4.69) is 11.8 Å². The minimum Gasteiger partial charge on any atom is -0.371 e. The van der Waals surface area contributed by atoms with Crippen LogP contribution in [0.2, 0.25) is 0 Å². The van der Waals surface area contributed by atoms with E-state index in [4.69, 9.17) is 0 Å². The van der Waals surface area contributed by atoms with Gasteiger partial charge >= 0.3 is 0 Å². The van der Waals surface area contributed by atoms with Crippen LogP contribution in [0.3, 0.4) is 0 Å². The molecular formula is C47H44N4O6. The average Bonchev–Trinajstić information content (AvgIpc) is 3.22. The summed E-state index contributed by atoms with van der Waals surface area (Å²) < 4.78 is 0. The van der Waals surface area contributed by atoms with Gasteiger partial charge in [0.05, 0.1) is 11.4 Å². The van der Waals surface area contributed by atoms with E-state index in [0.29, 0.717) is 73.9 Å². The van der Waals surface area contributed by atoms with Crippen LogP contribution < -0.4 is 14.7 Å². The van der Waals surface area contributed by atoms with Crippen molar-refractivity contribution in [2.45, 2.75) is 78.6 Å². The summed E-state index contributed by atoms with van der Waals surface area (Å²) in [5.41, 5.74) is 4.67. The van der Waals surface area contributed by atoms with Gasteiger partial charge in [-0.2, -0.15) is 0 Å². The number of nitrogens with zero attached hydrogens (tertiary/aromatic N) is 4. The number of amides is 6. The molecule has 6 amide bonds. The Morgan fingerprint density at radius 3 is 1.47 bits per heavy atom. The van der Waals surface area contributed by atoms with E-state index in [9.17, 15) is 28.8 Å². The maximum absolute atomic E-state index is 14.4. The third-order valence-corrected chi connectivity index (χ3v) is 12.3. The van der Waals surface area contributed by atoms with Gasteiger partial charge in [-0.15, -0.1) is 0 Å². The summed E-state index contributed by atoms with van der Waals surface area (Å²) in [6.45, 7) is 7.82. The number of rotatable bonds is 10. The number of piperidine rings is 1. The fourth-order valence-electron chi connectivity index (χ4n) is 9.37. The number of aryl methyl sites for hydroxylation is 2. The van der Waals surface area contributed by atoms with Gasteiger partial charge in [-0.25, -0.2) is 9.80 Å². The molecule has 9 rings (SSSR count). The molecule has 0 radical (unpaired) electrons. The third-order valence-electron chi connectivity index (χ3n) is 12.3. The predicted molar refractivity (Wildman–Crippen MR) is 221 cm³/mol. The van der Waals surface area contributed by atoms with Crippen LogP contribution in [-0.4, -0.2) is 60.0 Å². The number of carbonyl (C=O) groups excluding carboxylic acids is 6. The van der Waals surface area contributed by atoms with Crippen molar-refractivity contribution in [2.24, 2.45) is 0 Å². The van der Waals surface area contributed by atoms with E-state index in [-0.39, 0.29) is 11.1 Å². The lowest BCUT2D eigenvalue weighted by molar-refractivity contribution is 0.0605. The van der Waals surface area contributed by atoms with Crippen LogP contribution >= 0.6 is 0 Å². The maximum Gasteiger partial charge on any atom is 0.265 e. The Balaban J connectivity index is 1.03. The molecule has 4 heterocycles. The smallest absolute Gasteiger partial charge is 0.265 e. The molecule has 5 aromatic carbocycles. The van der Waals surface area contributed by atoms with E-state index in [0.717, 1.165) is 74.0 Å². The molecule has 1 saturated heterocycles. The van der Waals surface area contributed by atoms with Gasteiger partial charge in [0.25, 0.3) is 35.4 Å². The summed E-state index contributed by atoms with van der Waals surface area (Å²) in [7, 11) is 0. The van der Waals surface area contributed by atoms with Gasteiger partial charge < -0.3 is 4.90 Å². The topological polar surface area (TPSA) is 115 Å². The number of imide groups is 3. The quantitative estimate of drug-likeness (QED) is 0.103. The molecule has 0 unspecified atom stereocenters. The number of anilines is 3. The van der Waals surface area contributed by atoms with E-state index in [1.54, 1.807) is 56.3 Å². The molecule has 10 heteroatoms. The lowest BCUT2D eigenvalue weighted by atomic mass is 9.85. The van der Waals surface area contributed by atoms with Crippen LogP contribution in [0.5, 0.6) is 0 Å². The molecule has 4 aliphatic rings. The zero-order valence-corrected chi connectivity index (χ0v) is 32.6. The van der Waals surface area contributed by atoms with Crippen LogP contribution in [0.15, 0.2) is 66.7 Å². The van der Waals surface area contributed by atoms with Crippen molar-refractivity contribution < 1.29 is 28.8 Å². The lowest BCUT2D eigenvalue weighted by Gasteiger charge is -2.34. The fourth-order valence-corrected chi connectivity index (χ4v) is 9.37. The van der Waals surface area contributed by atoms with Crippen molar-refractivity contribution in [3.05, 3.63) is 111 Å². The summed E-state index contributed by atoms with van der Waals surface area (Å²) in [4.78, 5) is 90.6. The number of carbonyl (C=O) groups is 6. The van der Waals surface area contributed by atoms with Gasteiger partial charge in [-0.1, -0.05) is 51.2 Å². The standard InChI is InChI=1S/C47H44N4O6/c1-4-5-6-7-8-12-24-49-42(52)32-16-18-34-41-35(19-17-33(40(32)41)43(49)53)47(57)51(46(34)56)38-26-27(2)37(25-28(38)3)50-44(54)30-15-13-14-29-36(48-22-10-9-11-23-48)21-20-31(39(29)30)45(50)55/h13-21,25-26H,4-12,22-24H2,1-3H3. The molecule has 0 atom stereocenters. The summed E-state index contributed by atoms with van der Waals surface area (Å²) in [5, 5.41) is 2.20. The number of hydrogen-bond acceptors (Lipinski definition) is 7. The molecule has 288 valence electrons. The highest BCUT2D eigenvalue weighted by atomic mass is 16.2. The Kier molecular flexibility index (Phi) is 9.02. The molecule has 0 saturated carbocycles. The second kappa shape index (κ2) is 14.1. The third kappa shape index (κ3) is 5.59.